The highest BCUT2D eigenvalue weighted by molar-refractivity contribution is 5.95. The van der Waals surface area contributed by atoms with Gasteiger partial charge in [0.2, 0.25) is 0 Å². The molecule has 2 heterocycles. The van der Waals surface area contributed by atoms with E-state index in [-0.39, 0.29) is 5.91 Å². The summed E-state index contributed by atoms with van der Waals surface area (Å²) in [6.45, 7) is 6.10. The van der Waals surface area contributed by atoms with E-state index in [4.69, 9.17) is 4.74 Å². The minimum absolute atomic E-state index is 0.0571. The number of amides is 1. The second-order valence-corrected chi connectivity index (χ2v) is 7.31. The molecule has 2 aromatic carbocycles. The third-order valence-corrected chi connectivity index (χ3v) is 5.47. The molecule has 150 valence electrons. The topological polar surface area (TPSA) is 50.6 Å². The van der Waals surface area contributed by atoms with Crippen molar-refractivity contribution in [1.29, 1.82) is 0 Å². The normalized spacial score (nSPS) is 14.8. The highest BCUT2D eigenvalue weighted by Crippen LogP contribution is 2.19. The summed E-state index contributed by atoms with van der Waals surface area (Å²) in [5.74, 6) is 0.852. The van der Waals surface area contributed by atoms with Crippen LogP contribution in [0.3, 0.4) is 0 Å². The van der Waals surface area contributed by atoms with Crippen LogP contribution in [-0.4, -0.2) is 58.8 Å². The maximum Gasteiger partial charge on any atom is 0.257 e. The van der Waals surface area contributed by atoms with Gasteiger partial charge >= 0.3 is 0 Å². The molecule has 3 aromatic rings. The number of aromatic nitrogens is 2. The van der Waals surface area contributed by atoms with E-state index in [0.29, 0.717) is 5.56 Å². The van der Waals surface area contributed by atoms with Crippen molar-refractivity contribution in [2.45, 2.75) is 13.5 Å². The van der Waals surface area contributed by atoms with E-state index in [1.54, 1.807) is 18.0 Å². The van der Waals surface area contributed by atoms with Crippen LogP contribution >= 0.6 is 0 Å². The van der Waals surface area contributed by atoms with Crippen LogP contribution in [0.15, 0.2) is 60.8 Å². The Morgan fingerprint density at radius 3 is 2.34 bits per heavy atom. The van der Waals surface area contributed by atoms with Gasteiger partial charge in [-0.1, -0.05) is 30.3 Å². The summed E-state index contributed by atoms with van der Waals surface area (Å²) in [6, 6.07) is 18.1. The number of nitrogens with zero attached hydrogens (tertiary/aromatic N) is 4. The predicted molar refractivity (Wildman–Crippen MR) is 112 cm³/mol. The lowest BCUT2D eigenvalue weighted by atomic mass is 10.1. The standard InChI is InChI=1S/C23H26N4O2/c1-18-22(16-24-27(18)20-8-10-21(29-2)11-9-20)23(28)26-14-12-25(13-15-26)17-19-6-4-3-5-7-19/h3-11,16H,12-15,17H2,1-2H3. The van der Waals surface area contributed by atoms with Crippen molar-refractivity contribution in [3.63, 3.8) is 0 Å². The number of rotatable bonds is 5. The molecule has 0 N–H and O–H groups in total. The number of piperazine rings is 1. The van der Waals surface area contributed by atoms with Crippen LogP contribution in [0.4, 0.5) is 0 Å². The minimum atomic E-state index is 0.0571. The molecule has 1 aliphatic rings. The first kappa shape index (κ1) is 19.2. The number of carbonyl (C=O) groups excluding carboxylic acids is 1. The number of methoxy groups -OCH3 is 1. The van der Waals surface area contributed by atoms with Crippen molar-refractivity contribution in [3.8, 4) is 11.4 Å². The second-order valence-electron chi connectivity index (χ2n) is 7.31. The fraction of sp³-hybridized carbons (Fsp3) is 0.304. The number of hydrogen-bond acceptors (Lipinski definition) is 4. The average Bonchev–Trinajstić information content (AvgIpc) is 3.16. The summed E-state index contributed by atoms with van der Waals surface area (Å²) in [5, 5.41) is 4.45. The van der Waals surface area contributed by atoms with Crippen molar-refractivity contribution in [2.24, 2.45) is 0 Å². The summed E-state index contributed by atoms with van der Waals surface area (Å²) in [4.78, 5) is 17.4. The molecule has 1 aromatic heterocycles. The Kier molecular flexibility index (Phi) is 5.62. The zero-order valence-electron chi connectivity index (χ0n) is 16.9. The number of benzene rings is 2. The molecular formula is C23H26N4O2. The predicted octanol–water partition coefficient (Wildman–Crippen LogP) is 3.15. The Labute approximate surface area is 171 Å². The Bertz CT molecular complexity index is 958. The molecule has 0 saturated carbocycles. The molecule has 0 atom stereocenters. The quantitative estimate of drug-likeness (QED) is 0.672. The van der Waals surface area contributed by atoms with Gasteiger partial charge in [0.05, 0.1) is 30.3 Å². The van der Waals surface area contributed by atoms with Crippen LogP contribution in [0.2, 0.25) is 0 Å². The van der Waals surface area contributed by atoms with E-state index in [0.717, 1.165) is 49.9 Å². The van der Waals surface area contributed by atoms with Gasteiger partial charge in [0.15, 0.2) is 0 Å². The first-order valence-electron chi connectivity index (χ1n) is 9.90. The summed E-state index contributed by atoms with van der Waals surface area (Å²) in [6.07, 6.45) is 1.68. The summed E-state index contributed by atoms with van der Waals surface area (Å²) >= 11 is 0. The smallest absolute Gasteiger partial charge is 0.257 e. The van der Waals surface area contributed by atoms with Gasteiger partial charge in [-0.3, -0.25) is 9.69 Å². The van der Waals surface area contributed by atoms with Crippen molar-refractivity contribution in [1.82, 2.24) is 19.6 Å². The van der Waals surface area contributed by atoms with Crippen LogP contribution < -0.4 is 4.74 Å². The third kappa shape index (κ3) is 4.17. The van der Waals surface area contributed by atoms with Crippen LogP contribution in [0.5, 0.6) is 5.75 Å². The van der Waals surface area contributed by atoms with E-state index in [1.807, 2.05) is 42.2 Å². The van der Waals surface area contributed by atoms with E-state index < -0.39 is 0 Å². The van der Waals surface area contributed by atoms with Crippen molar-refractivity contribution in [3.05, 3.63) is 77.6 Å². The molecular weight excluding hydrogens is 364 g/mol. The summed E-state index contributed by atoms with van der Waals surface area (Å²) in [7, 11) is 1.64. The summed E-state index contributed by atoms with van der Waals surface area (Å²) < 4.78 is 7.01. The van der Waals surface area contributed by atoms with Gasteiger partial charge in [-0.25, -0.2) is 4.68 Å². The first-order valence-corrected chi connectivity index (χ1v) is 9.90. The molecule has 6 nitrogen and oxygen atoms in total. The lowest BCUT2D eigenvalue weighted by Gasteiger charge is -2.34. The number of ether oxygens (including phenoxy) is 1. The maximum atomic E-state index is 13.1. The van der Waals surface area contributed by atoms with Crippen LogP contribution in [0.1, 0.15) is 21.6 Å². The molecule has 0 unspecified atom stereocenters. The Balaban J connectivity index is 1.41. The third-order valence-electron chi connectivity index (χ3n) is 5.47. The molecule has 0 radical (unpaired) electrons. The molecule has 1 aliphatic heterocycles. The van der Waals surface area contributed by atoms with E-state index in [1.165, 1.54) is 5.56 Å². The van der Waals surface area contributed by atoms with Crippen LogP contribution in [0.25, 0.3) is 5.69 Å². The van der Waals surface area contributed by atoms with Gasteiger partial charge in [0.1, 0.15) is 5.75 Å². The molecule has 1 amide bonds. The molecule has 0 spiro atoms. The fourth-order valence-corrected chi connectivity index (χ4v) is 3.72. The Hall–Kier alpha value is -3.12. The van der Waals surface area contributed by atoms with Gasteiger partial charge in [0, 0.05) is 32.7 Å². The van der Waals surface area contributed by atoms with Crippen LogP contribution in [-0.2, 0) is 6.54 Å². The van der Waals surface area contributed by atoms with Gasteiger partial charge in [0.25, 0.3) is 5.91 Å². The fourth-order valence-electron chi connectivity index (χ4n) is 3.72. The van der Waals surface area contributed by atoms with Gasteiger partial charge in [-0.05, 0) is 36.8 Å². The van der Waals surface area contributed by atoms with E-state index in [9.17, 15) is 4.79 Å². The first-order chi connectivity index (χ1) is 14.2. The zero-order chi connectivity index (χ0) is 20.2. The highest BCUT2D eigenvalue weighted by Gasteiger charge is 2.25. The SMILES string of the molecule is COc1ccc(-n2ncc(C(=O)N3CCN(Cc4ccccc4)CC3)c2C)cc1. The van der Waals surface area contributed by atoms with Crippen LogP contribution in [0, 0.1) is 6.92 Å². The van der Waals surface area contributed by atoms with E-state index in [2.05, 4.69) is 34.3 Å². The number of carbonyl (C=O) groups is 1. The van der Waals surface area contributed by atoms with Gasteiger partial charge in [-0.2, -0.15) is 5.10 Å². The van der Waals surface area contributed by atoms with Crippen molar-refractivity contribution < 1.29 is 9.53 Å². The highest BCUT2D eigenvalue weighted by atomic mass is 16.5. The molecule has 6 heteroatoms. The molecule has 29 heavy (non-hydrogen) atoms. The van der Waals surface area contributed by atoms with Gasteiger partial charge in [-0.15, -0.1) is 0 Å². The van der Waals surface area contributed by atoms with Crippen molar-refractivity contribution >= 4 is 5.91 Å². The van der Waals surface area contributed by atoms with Gasteiger partial charge < -0.3 is 9.64 Å². The molecule has 0 bridgehead atoms. The van der Waals surface area contributed by atoms with Crippen molar-refractivity contribution in [2.75, 3.05) is 33.3 Å². The summed E-state index contributed by atoms with van der Waals surface area (Å²) in [5.41, 5.74) is 3.74. The Morgan fingerprint density at radius 1 is 1.00 bits per heavy atom. The lowest BCUT2D eigenvalue weighted by Crippen LogP contribution is -2.48. The monoisotopic (exact) mass is 390 g/mol. The minimum Gasteiger partial charge on any atom is -0.497 e. The zero-order valence-corrected chi connectivity index (χ0v) is 16.9. The Morgan fingerprint density at radius 2 is 1.69 bits per heavy atom. The molecule has 0 aliphatic carbocycles. The van der Waals surface area contributed by atoms with E-state index >= 15 is 0 Å². The molecule has 1 saturated heterocycles. The number of hydrogen-bond donors (Lipinski definition) is 0. The largest absolute Gasteiger partial charge is 0.497 e. The second kappa shape index (κ2) is 8.49. The maximum absolute atomic E-state index is 13.1. The molecule has 1 fully saturated rings. The molecule has 4 rings (SSSR count). The lowest BCUT2D eigenvalue weighted by molar-refractivity contribution is 0.0627. The average molecular weight is 390 g/mol.